The number of carboxylic acids is 1. The van der Waals surface area contributed by atoms with Gasteiger partial charge in [0.05, 0.1) is 26.2 Å². The lowest BCUT2D eigenvalue weighted by atomic mass is 9.91. The van der Waals surface area contributed by atoms with Crippen LogP contribution < -0.4 is 9.47 Å². The van der Waals surface area contributed by atoms with Crippen molar-refractivity contribution >= 4 is 21.9 Å². The number of aliphatic carboxylic acids is 1. The Labute approximate surface area is 168 Å². The zero-order valence-corrected chi connectivity index (χ0v) is 17.1. The number of benzene rings is 2. The van der Waals surface area contributed by atoms with E-state index >= 15 is 0 Å². The van der Waals surface area contributed by atoms with Gasteiger partial charge in [-0.2, -0.15) is 0 Å². The highest BCUT2D eigenvalue weighted by Crippen LogP contribution is 2.41. The minimum absolute atomic E-state index is 0.132. The van der Waals surface area contributed by atoms with E-state index in [1.165, 1.54) is 0 Å². The molecule has 3 rings (SSSR count). The van der Waals surface area contributed by atoms with E-state index in [-0.39, 0.29) is 12.0 Å². The molecule has 1 aliphatic rings. The summed E-state index contributed by atoms with van der Waals surface area (Å²) in [5.41, 5.74) is 2.05. The number of hydrogen-bond acceptors (Lipinski definition) is 4. The molecule has 0 saturated carbocycles. The highest BCUT2D eigenvalue weighted by molar-refractivity contribution is 9.10. The maximum atomic E-state index is 11.6. The Hall–Kier alpha value is -2.05. The van der Waals surface area contributed by atoms with Crippen molar-refractivity contribution in [1.29, 1.82) is 0 Å². The fourth-order valence-corrected chi connectivity index (χ4v) is 4.25. The topological polar surface area (TPSA) is 59.0 Å². The molecule has 1 aliphatic heterocycles. The van der Waals surface area contributed by atoms with Crippen LogP contribution in [0, 0.1) is 5.92 Å². The first-order chi connectivity index (χ1) is 13.0. The van der Waals surface area contributed by atoms with E-state index in [1.54, 1.807) is 14.2 Å². The fourth-order valence-electron chi connectivity index (χ4n) is 3.75. The molecule has 2 aromatic rings. The first-order valence-electron chi connectivity index (χ1n) is 8.98. The summed E-state index contributed by atoms with van der Waals surface area (Å²) in [6.45, 7) is 1.33. The van der Waals surface area contributed by atoms with Crippen molar-refractivity contribution in [2.45, 2.75) is 18.9 Å². The standard InChI is InChI=1S/C21H24BrNO4/c1-26-15-9-10-19(27-2)17(12-15)20(16-7-3-4-8-18(16)22)23-11-5-6-14(13-23)21(24)25/h3-4,7-10,12,14,20H,5-6,11,13H2,1-2H3,(H,24,25). The second-order valence-corrected chi connectivity index (χ2v) is 7.56. The van der Waals surface area contributed by atoms with Crippen molar-refractivity contribution in [2.24, 2.45) is 5.92 Å². The van der Waals surface area contributed by atoms with Crippen molar-refractivity contribution in [2.75, 3.05) is 27.3 Å². The molecule has 1 heterocycles. The Bertz CT molecular complexity index is 811. The molecule has 0 radical (unpaired) electrons. The number of carbonyl (C=O) groups is 1. The van der Waals surface area contributed by atoms with E-state index in [9.17, 15) is 9.90 Å². The van der Waals surface area contributed by atoms with Crippen LogP contribution in [0.25, 0.3) is 0 Å². The monoisotopic (exact) mass is 433 g/mol. The Morgan fingerprint density at radius 2 is 1.96 bits per heavy atom. The van der Waals surface area contributed by atoms with Gasteiger partial charge in [-0.15, -0.1) is 0 Å². The van der Waals surface area contributed by atoms with Crippen LogP contribution in [0.2, 0.25) is 0 Å². The molecule has 144 valence electrons. The molecule has 2 unspecified atom stereocenters. The van der Waals surface area contributed by atoms with Gasteiger partial charge in [0.25, 0.3) is 0 Å². The number of nitrogens with zero attached hydrogens (tertiary/aromatic N) is 1. The Balaban J connectivity index is 2.11. The van der Waals surface area contributed by atoms with E-state index in [1.807, 2.05) is 36.4 Å². The van der Waals surface area contributed by atoms with Crippen LogP contribution in [0.5, 0.6) is 11.5 Å². The van der Waals surface area contributed by atoms with Crippen LogP contribution in [-0.2, 0) is 4.79 Å². The molecular formula is C21H24BrNO4. The minimum atomic E-state index is -0.733. The summed E-state index contributed by atoms with van der Waals surface area (Å²) in [5, 5.41) is 9.54. The Morgan fingerprint density at radius 1 is 1.19 bits per heavy atom. The molecule has 27 heavy (non-hydrogen) atoms. The SMILES string of the molecule is COc1ccc(OC)c(C(c2ccccc2Br)N2CCCC(C(=O)O)C2)c1. The Morgan fingerprint density at radius 3 is 2.63 bits per heavy atom. The molecule has 1 fully saturated rings. The van der Waals surface area contributed by atoms with Crippen molar-refractivity contribution in [3.8, 4) is 11.5 Å². The highest BCUT2D eigenvalue weighted by atomic mass is 79.9. The lowest BCUT2D eigenvalue weighted by Gasteiger charge is -2.38. The second-order valence-electron chi connectivity index (χ2n) is 6.70. The predicted molar refractivity (Wildman–Crippen MR) is 107 cm³/mol. The lowest BCUT2D eigenvalue weighted by Crippen LogP contribution is -2.41. The van der Waals surface area contributed by atoms with Crippen LogP contribution in [-0.4, -0.2) is 43.3 Å². The van der Waals surface area contributed by atoms with Gasteiger partial charge >= 0.3 is 5.97 Å². The van der Waals surface area contributed by atoms with Crippen LogP contribution in [0.15, 0.2) is 46.9 Å². The third-order valence-electron chi connectivity index (χ3n) is 5.10. The summed E-state index contributed by atoms with van der Waals surface area (Å²) in [6, 6.07) is 13.7. The van der Waals surface area contributed by atoms with E-state index in [2.05, 4.69) is 26.9 Å². The van der Waals surface area contributed by atoms with Crippen molar-refractivity contribution in [3.63, 3.8) is 0 Å². The molecule has 0 spiro atoms. The number of piperidine rings is 1. The smallest absolute Gasteiger partial charge is 0.307 e. The first-order valence-corrected chi connectivity index (χ1v) is 9.77. The van der Waals surface area contributed by atoms with Crippen molar-refractivity contribution in [3.05, 3.63) is 58.1 Å². The average molecular weight is 434 g/mol. The average Bonchev–Trinajstić information content (AvgIpc) is 2.69. The largest absolute Gasteiger partial charge is 0.497 e. The molecule has 0 aromatic heterocycles. The van der Waals surface area contributed by atoms with Gasteiger partial charge in [-0.25, -0.2) is 0 Å². The van der Waals surface area contributed by atoms with Gasteiger partial charge in [-0.1, -0.05) is 34.1 Å². The van der Waals surface area contributed by atoms with E-state index in [0.29, 0.717) is 13.0 Å². The third kappa shape index (κ3) is 4.28. The number of likely N-dealkylation sites (tertiary alicyclic amines) is 1. The van der Waals surface area contributed by atoms with Crippen molar-refractivity contribution in [1.82, 2.24) is 4.90 Å². The number of hydrogen-bond donors (Lipinski definition) is 1. The zero-order chi connectivity index (χ0) is 19.4. The summed E-state index contributed by atoms with van der Waals surface area (Å²) in [6.07, 6.45) is 1.56. The normalized spacial score (nSPS) is 18.7. The number of methoxy groups -OCH3 is 2. The van der Waals surface area contributed by atoms with Gasteiger partial charge in [0, 0.05) is 16.6 Å². The summed E-state index contributed by atoms with van der Waals surface area (Å²) in [5.74, 6) is 0.409. The lowest BCUT2D eigenvalue weighted by molar-refractivity contribution is -0.143. The Kier molecular flexibility index (Phi) is 6.39. The summed E-state index contributed by atoms with van der Waals surface area (Å²) < 4.78 is 12.1. The minimum Gasteiger partial charge on any atom is -0.497 e. The summed E-state index contributed by atoms with van der Waals surface area (Å²) in [4.78, 5) is 13.8. The molecular weight excluding hydrogens is 410 g/mol. The van der Waals surface area contributed by atoms with E-state index in [0.717, 1.165) is 40.1 Å². The molecule has 1 N–H and O–H groups in total. The van der Waals surface area contributed by atoms with Crippen molar-refractivity contribution < 1.29 is 19.4 Å². The molecule has 0 aliphatic carbocycles. The van der Waals surface area contributed by atoms with Gasteiger partial charge in [0.2, 0.25) is 0 Å². The van der Waals surface area contributed by atoms with Gasteiger partial charge in [0.1, 0.15) is 11.5 Å². The highest BCUT2D eigenvalue weighted by Gasteiger charge is 2.33. The second kappa shape index (κ2) is 8.76. The van der Waals surface area contributed by atoms with Gasteiger partial charge in [-0.3, -0.25) is 9.69 Å². The number of carboxylic acid groups (broad SMARTS) is 1. The van der Waals surface area contributed by atoms with Crippen LogP contribution in [0.1, 0.15) is 30.0 Å². The number of halogens is 1. The van der Waals surface area contributed by atoms with E-state index < -0.39 is 5.97 Å². The predicted octanol–water partition coefficient (Wildman–Crippen LogP) is 4.35. The van der Waals surface area contributed by atoms with Gasteiger partial charge < -0.3 is 14.6 Å². The summed E-state index contributed by atoms with van der Waals surface area (Å²) in [7, 11) is 3.29. The van der Waals surface area contributed by atoms with E-state index in [4.69, 9.17) is 9.47 Å². The molecule has 2 aromatic carbocycles. The molecule has 2 atom stereocenters. The molecule has 0 amide bonds. The quantitative estimate of drug-likeness (QED) is 0.733. The maximum absolute atomic E-state index is 11.6. The van der Waals surface area contributed by atoms with Gasteiger partial charge in [-0.05, 0) is 49.2 Å². The molecule has 0 bridgehead atoms. The van der Waals surface area contributed by atoms with Crippen LogP contribution in [0.3, 0.4) is 0 Å². The molecule has 5 nitrogen and oxygen atoms in total. The van der Waals surface area contributed by atoms with Crippen LogP contribution in [0.4, 0.5) is 0 Å². The molecule has 1 saturated heterocycles. The first kappa shape index (κ1) is 19.7. The van der Waals surface area contributed by atoms with Gasteiger partial charge in [0.15, 0.2) is 0 Å². The fraction of sp³-hybridized carbons (Fsp3) is 0.381. The number of rotatable bonds is 6. The number of ether oxygens (including phenoxy) is 2. The zero-order valence-electron chi connectivity index (χ0n) is 15.5. The van der Waals surface area contributed by atoms with Crippen LogP contribution >= 0.6 is 15.9 Å². The summed E-state index contributed by atoms with van der Waals surface area (Å²) >= 11 is 3.67. The molecule has 6 heteroatoms. The third-order valence-corrected chi connectivity index (χ3v) is 5.82. The maximum Gasteiger partial charge on any atom is 0.307 e.